The number of primary amides is 1. The number of pyridine rings is 1. The highest BCUT2D eigenvalue weighted by Gasteiger charge is 2.23. The number of amides is 1. The van der Waals surface area contributed by atoms with Crippen molar-refractivity contribution >= 4 is 17.5 Å². The Bertz CT molecular complexity index is 560. The second kappa shape index (κ2) is 5.59. The predicted octanol–water partition coefficient (Wildman–Crippen LogP) is 0.361. The van der Waals surface area contributed by atoms with Crippen LogP contribution in [0.25, 0.3) is 0 Å². The summed E-state index contributed by atoms with van der Waals surface area (Å²) < 4.78 is 0. The minimum absolute atomic E-state index is 0.0561. The van der Waals surface area contributed by atoms with Gasteiger partial charge in [-0.05, 0) is 11.6 Å². The first-order valence-corrected chi connectivity index (χ1v) is 6.03. The fourth-order valence-electron chi connectivity index (χ4n) is 1.88. The molecule has 0 radical (unpaired) electrons. The highest BCUT2D eigenvalue weighted by molar-refractivity contribution is 6.29. The molecular formula is C12H12ClN5O. The highest BCUT2D eigenvalue weighted by atomic mass is 35.5. The Kier molecular flexibility index (Phi) is 3.88. The fourth-order valence-corrected chi connectivity index (χ4v) is 1.99. The molecule has 6 nitrogen and oxygen atoms in total. The molecule has 1 amide bonds. The molecule has 0 aliphatic carbocycles. The number of hydrogen-bond acceptors (Lipinski definition) is 5. The third kappa shape index (κ3) is 2.95. The highest BCUT2D eigenvalue weighted by Crippen LogP contribution is 2.16. The van der Waals surface area contributed by atoms with Crippen LogP contribution >= 0.6 is 11.6 Å². The van der Waals surface area contributed by atoms with Crippen LogP contribution < -0.4 is 11.1 Å². The first-order chi connectivity index (χ1) is 9.11. The molecule has 0 spiro atoms. The van der Waals surface area contributed by atoms with Gasteiger partial charge in [-0.2, -0.15) is 5.26 Å². The SMILES string of the molecule is N#C/C(C(N)=O)=C1\NCCN1Cc1ccc(Cl)nc1. The molecule has 0 saturated carbocycles. The Hall–Kier alpha value is -2.26. The van der Waals surface area contributed by atoms with Gasteiger partial charge in [0.1, 0.15) is 17.0 Å². The third-order valence-corrected chi connectivity index (χ3v) is 2.97. The lowest BCUT2D eigenvalue weighted by atomic mass is 10.2. The third-order valence-electron chi connectivity index (χ3n) is 2.75. The van der Waals surface area contributed by atoms with Crippen LogP contribution in [0.4, 0.5) is 0 Å². The van der Waals surface area contributed by atoms with Crippen molar-refractivity contribution in [3.05, 3.63) is 40.4 Å². The molecule has 19 heavy (non-hydrogen) atoms. The molecule has 2 heterocycles. The minimum atomic E-state index is -0.730. The lowest BCUT2D eigenvalue weighted by Gasteiger charge is -2.19. The Morgan fingerprint density at radius 2 is 2.42 bits per heavy atom. The fraction of sp³-hybridized carbons (Fsp3) is 0.250. The second-order valence-electron chi connectivity index (χ2n) is 4.04. The summed E-state index contributed by atoms with van der Waals surface area (Å²) in [5.41, 5.74) is 6.07. The van der Waals surface area contributed by atoms with Crippen molar-refractivity contribution in [2.75, 3.05) is 13.1 Å². The lowest BCUT2D eigenvalue weighted by molar-refractivity contribution is -0.114. The zero-order valence-electron chi connectivity index (χ0n) is 10.1. The van der Waals surface area contributed by atoms with Gasteiger partial charge >= 0.3 is 0 Å². The lowest BCUT2D eigenvalue weighted by Crippen LogP contribution is -2.26. The van der Waals surface area contributed by atoms with Gasteiger partial charge in [-0.3, -0.25) is 4.79 Å². The average Bonchev–Trinajstić information content (AvgIpc) is 2.81. The van der Waals surface area contributed by atoms with Crippen molar-refractivity contribution in [1.29, 1.82) is 5.26 Å². The van der Waals surface area contributed by atoms with Gasteiger partial charge in [-0.15, -0.1) is 0 Å². The molecule has 3 N–H and O–H groups in total. The molecule has 1 aromatic rings. The largest absolute Gasteiger partial charge is 0.369 e. The molecule has 2 rings (SSSR count). The average molecular weight is 278 g/mol. The van der Waals surface area contributed by atoms with Crippen LogP contribution in [0, 0.1) is 11.3 Å². The van der Waals surface area contributed by atoms with Crippen molar-refractivity contribution in [3.8, 4) is 6.07 Å². The van der Waals surface area contributed by atoms with E-state index in [-0.39, 0.29) is 5.57 Å². The summed E-state index contributed by atoms with van der Waals surface area (Å²) >= 11 is 5.72. The van der Waals surface area contributed by atoms with Crippen molar-refractivity contribution in [2.24, 2.45) is 5.73 Å². The Morgan fingerprint density at radius 3 is 3.00 bits per heavy atom. The minimum Gasteiger partial charge on any atom is -0.369 e. The van der Waals surface area contributed by atoms with Gasteiger partial charge in [-0.25, -0.2) is 4.98 Å². The number of rotatable bonds is 3. The van der Waals surface area contributed by atoms with Gasteiger partial charge in [0, 0.05) is 25.8 Å². The van der Waals surface area contributed by atoms with Gasteiger partial charge in [0.05, 0.1) is 0 Å². The molecule has 0 aromatic carbocycles. The van der Waals surface area contributed by atoms with E-state index in [1.807, 2.05) is 17.0 Å². The van der Waals surface area contributed by atoms with Crippen molar-refractivity contribution in [1.82, 2.24) is 15.2 Å². The van der Waals surface area contributed by atoms with Crippen LogP contribution in [0.15, 0.2) is 29.7 Å². The summed E-state index contributed by atoms with van der Waals surface area (Å²) in [5, 5.41) is 12.4. The van der Waals surface area contributed by atoms with E-state index < -0.39 is 5.91 Å². The predicted molar refractivity (Wildman–Crippen MR) is 69.5 cm³/mol. The molecule has 0 unspecified atom stereocenters. The van der Waals surface area contributed by atoms with Gasteiger partial charge in [0.15, 0.2) is 5.57 Å². The first-order valence-electron chi connectivity index (χ1n) is 5.65. The number of nitriles is 1. The van der Waals surface area contributed by atoms with E-state index in [1.54, 1.807) is 12.3 Å². The first kappa shape index (κ1) is 13.2. The molecule has 98 valence electrons. The number of nitrogens with zero attached hydrogens (tertiary/aromatic N) is 3. The van der Waals surface area contributed by atoms with Crippen LogP contribution in [0.1, 0.15) is 5.56 Å². The maximum atomic E-state index is 11.2. The smallest absolute Gasteiger partial charge is 0.263 e. The van der Waals surface area contributed by atoms with Crippen molar-refractivity contribution < 1.29 is 4.79 Å². The molecule has 1 fully saturated rings. The van der Waals surface area contributed by atoms with Crippen molar-refractivity contribution in [2.45, 2.75) is 6.54 Å². The molecule has 1 aromatic heterocycles. The van der Waals surface area contributed by atoms with E-state index in [2.05, 4.69) is 10.3 Å². The Morgan fingerprint density at radius 1 is 1.63 bits per heavy atom. The normalized spacial score (nSPS) is 16.7. The topological polar surface area (TPSA) is 95.0 Å². The summed E-state index contributed by atoms with van der Waals surface area (Å²) in [4.78, 5) is 17.1. The van der Waals surface area contributed by atoms with Gasteiger partial charge in [0.25, 0.3) is 5.91 Å². The van der Waals surface area contributed by atoms with Crippen LogP contribution in [-0.2, 0) is 11.3 Å². The zero-order valence-corrected chi connectivity index (χ0v) is 10.8. The van der Waals surface area contributed by atoms with Crippen LogP contribution in [0.3, 0.4) is 0 Å². The molecule has 1 saturated heterocycles. The number of nitrogens with one attached hydrogen (secondary N) is 1. The quantitative estimate of drug-likeness (QED) is 0.473. The van der Waals surface area contributed by atoms with E-state index in [4.69, 9.17) is 22.6 Å². The molecule has 1 aliphatic heterocycles. The maximum Gasteiger partial charge on any atom is 0.263 e. The monoisotopic (exact) mass is 277 g/mol. The molecule has 1 aliphatic rings. The zero-order chi connectivity index (χ0) is 13.8. The van der Waals surface area contributed by atoms with E-state index in [9.17, 15) is 4.79 Å². The summed E-state index contributed by atoms with van der Waals surface area (Å²) in [7, 11) is 0. The maximum absolute atomic E-state index is 11.2. The van der Waals surface area contributed by atoms with Gasteiger partial charge in [-0.1, -0.05) is 17.7 Å². The molecule has 7 heteroatoms. The Labute approximate surface area is 115 Å². The van der Waals surface area contributed by atoms with E-state index in [0.717, 1.165) is 5.56 Å². The summed E-state index contributed by atoms with van der Waals surface area (Å²) in [6.45, 7) is 1.89. The number of halogens is 1. The number of carbonyl (C=O) groups excluding carboxylic acids is 1. The molecule has 0 bridgehead atoms. The number of hydrogen-bond donors (Lipinski definition) is 2. The van der Waals surface area contributed by atoms with Gasteiger partial charge in [0.2, 0.25) is 0 Å². The molecular weight excluding hydrogens is 266 g/mol. The summed E-state index contributed by atoms with van der Waals surface area (Å²) in [6, 6.07) is 5.38. The second-order valence-corrected chi connectivity index (χ2v) is 4.42. The number of nitrogens with two attached hydrogens (primary N) is 1. The van der Waals surface area contributed by atoms with Gasteiger partial charge < -0.3 is 16.0 Å². The van der Waals surface area contributed by atoms with E-state index >= 15 is 0 Å². The number of aromatic nitrogens is 1. The van der Waals surface area contributed by atoms with Crippen LogP contribution in [0.5, 0.6) is 0 Å². The number of carbonyl (C=O) groups is 1. The van der Waals surface area contributed by atoms with E-state index in [0.29, 0.717) is 30.6 Å². The van der Waals surface area contributed by atoms with E-state index in [1.165, 1.54) is 0 Å². The van der Waals surface area contributed by atoms with Crippen LogP contribution in [-0.4, -0.2) is 28.9 Å². The molecule has 0 atom stereocenters. The van der Waals surface area contributed by atoms with Crippen molar-refractivity contribution in [3.63, 3.8) is 0 Å². The summed E-state index contributed by atoms with van der Waals surface area (Å²) in [6.07, 6.45) is 1.66. The summed E-state index contributed by atoms with van der Waals surface area (Å²) in [5.74, 6) is -0.254. The van der Waals surface area contributed by atoms with Crippen LogP contribution in [0.2, 0.25) is 5.15 Å². The standard InChI is InChI=1S/C12H12ClN5O/c13-10-2-1-8(6-17-10)7-18-4-3-16-12(18)9(5-14)11(15)19/h1-2,6,16H,3-4,7H2,(H2,15,19)/b12-9-. The Balaban J connectivity index is 2.22.